The minimum Gasteiger partial charge on any atom is -0.453 e. The molecule has 0 amide bonds. The van der Waals surface area contributed by atoms with Crippen molar-refractivity contribution in [2.45, 2.75) is 18.8 Å². The average molecular weight is 386 g/mol. The van der Waals surface area contributed by atoms with Crippen LogP contribution in [-0.2, 0) is 0 Å². The standard InChI is InChI=1S/C13H9ClIN3O/c14-10-5-9(4-3-8(10)6-16)19-12-11(7-1-2-7)17-18-13(12)15/h3-5,7H,1-2H2,(H,17,18). The second-order valence-corrected chi connectivity index (χ2v) is 5.82. The molecule has 0 radical (unpaired) electrons. The highest BCUT2D eigenvalue weighted by atomic mass is 127. The summed E-state index contributed by atoms with van der Waals surface area (Å²) in [6.45, 7) is 0. The maximum absolute atomic E-state index is 8.84. The van der Waals surface area contributed by atoms with Crippen LogP contribution in [0.25, 0.3) is 0 Å². The Balaban J connectivity index is 1.91. The Morgan fingerprint density at radius 2 is 2.26 bits per heavy atom. The van der Waals surface area contributed by atoms with Crippen LogP contribution >= 0.6 is 34.2 Å². The summed E-state index contributed by atoms with van der Waals surface area (Å²) >= 11 is 8.14. The average Bonchev–Trinajstić information content (AvgIpc) is 3.17. The van der Waals surface area contributed by atoms with E-state index in [9.17, 15) is 0 Å². The van der Waals surface area contributed by atoms with E-state index < -0.39 is 0 Å². The van der Waals surface area contributed by atoms with Crippen LogP contribution in [0, 0.1) is 15.0 Å². The van der Waals surface area contributed by atoms with Crippen molar-refractivity contribution in [1.29, 1.82) is 5.26 Å². The summed E-state index contributed by atoms with van der Waals surface area (Å²) in [4.78, 5) is 0. The highest BCUT2D eigenvalue weighted by Gasteiger charge is 2.30. The number of benzene rings is 1. The zero-order valence-corrected chi connectivity index (χ0v) is 12.7. The van der Waals surface area contributed by atoms with E-state index in [0.29, 0.717) is 22.3 Å². The number of rotatable bonds is 3. The summed E-state index contributed by atoms with van der Waals surface area (Å²) in [6.07, 6.45) is 2.34. The third-order valence-corrected chi connectivity index (χ3v) is 4.02. The van der Waals surface area contributed by atoms with Crippen LogP contribution in [-0.4, -0.2) is 10.2 Å². The maximum Gasteiger partial charge on any atom is 0.182 e. The molecule has 0 bridgehead atoms. The molecular formula is C13H9ClIN3O. The van der Waals surface area contributed by atoms with Crippen molar-refractivity contribution in [1.82, 2.24) is 10.2 Å². The number of H-pyrrole nitrogens is 1. The minimum atomic E-state index is 0.395. The van der Waals surface area contributed by atoms with E-state index in [-0.39, 0.29) is 0 Å². The lowest BCUT2D eigenvalue weighted by Gasteiger charge is -2.07. The van der Waals surface area contributed by atoms with Crippen LogP contribution in [0.15, 0.2) is 18.2 Å². The highest BCUT2D eigenvalue weighted by molar-refractivity contribution is 14.1. The molecule has 1 saturated carbocycles. The molecule has 96 valence electrons. The summed E-state index contributed by atoms with van der Waals surface area (Å²) in [5.41, 5.74) is 1.49. The smallest absolute Gasteiger partial charge is 0.182 e. The van der Waals surface area contributed by atoms with Crippen LogP contribution < -0.4 is 4.74 Å². The summed E-state index contributed by atoms with van der Waals surface area (Å²) in [6, 6.07) is 7.07. The second-order valence-electron chi connectivity index (χ2n) is 4.39. The monoisotopic (exact) mass is 385 g/mol. The van der Waals surface area contributed by atoms with E-state index in [2.05, 4.69) is 32.8 Å². The van der Waals surface area contributed by atoms with E-state index in [1.807, 2.05) is 6.07 Å². The van der Waals surface area contributed by atoms with E-state index in [1.54, 1.807) is 18.2 Å². The normalized spacial score (nSPS) is 14.2. The number of hydrogen-bond acceptors (Lipinski definition) is 3. The van der Waals surface area contributed by atoms with E-state index >= 15 is 0 Å². The molecule has 1 fully saturated rings. The predicted octanol–water partition coefficient (Wildman–Crippen LogP) is 4.21. The quantitative estimate of drug-likeness (QED) is 0.805. The lowest BCUT2D eigenvalue weighted by molar-refractivity contribution is 0.473. The topological polar surface area (TPSA) is 61.7 Å². The predicted molar refractivity (Wildman–Crippen MR) is 79.5 cm³/mol. The molecule has 0 saturated heterocycles. The van der Waals surface area contributed by atoms with Crippen LogP contribution in [0.2, 0.25) is 5.02 Å². The molecule has 19 heavy (non-hydrogen) atoms. The molecule has 1 aliphatic carbocycles. The Morgan fingerprint density at radius 3 is 2.89 bits per heavy atom. The van der Waals surface area contributed by atoms with Gasteiger partial charge in [-0.1, -0.05) is 11.6 Å². The number of ether oxygens (including phenoxy) is 1. The Bertz CT molecular complexity index is 673. The van der Waals surface area contributed by atoms with Gasteiger partial charge in [-0.3, -0.25) is 5.10 Å². The Labute approximate surface area is 128 Å². The van der Waals surface area contributed by atoms with Gasteiger partial charge in [0.1, 0.15) is 11.8 Å². The van der Waals surface area contributed by atoms with Crippen LogP contribution in [0.4, 0.5) is 0 Å². The van der Waals surface area contributed by atoms with Crippen molar-refractivity contribution in [3.63, 3.8) is 0 Å². The molecule has 3 rings (SSSR count). The van der Waals surface area contributed by atoms with Crippen LogP contribution in [0.5, 0.6) is 11.5 Å². The third kappa shape index (κ3) is 2.55. The number of halogens is 2. The van der Waals surface area contributed by atoms with Crippen molar-refractivity contribution in [3.8, 4) is 17.6 Å². The first-order valence-corrected chi connectivity index (χ1v) is 7.26. The maximum atomic E-state index is 8.84. The Hall–Kier alpha value is -1.26. The molecule has 1 aromatic heterocycles. The minimum absolute atomic E-state index is 0.395. The fraction of sp³-hybridized carbons (Fsp3) is 0.231. The van der Waals surface area contributed by atoms with Crippen molar-refractivity contribution in [2.75, 3.05) is 0 Å². The Morgan fingerprint density at radius 1 is 1.47 bits per heavy atom. The van der Waals surface area contributed by atoms with Gasteiger partial charge in [-0.2, -0.15) is 10.4 Å². The van der Waals surface area contributed by atoms with Gasteiger partial charge in [0, 0.05) is 12.0 Å². The van der Waals surface area contributed by atoms with Gasteiger partial charge < -0.3 is 4.74 Å². The largest absolute Gasteiger partial charge is 0.453 e. The molecule has 0 atom stereocenters. The highest BCUT2D eigenvalue weighted by Crippen LogP contribution is 2.45. The van der Waals surface area contributed by atoms with E-state index in [4.69, 9.17) is 21.6 Å². The van der Waals surface area contributed by atoms with Crippen LogP contribution in [0.3, 0.4) is 0 Å². The van der Waals surface area contributed by atoms with Crippen molar-refractivity contribution < 1.29 is 4.74 Å². The number of hydrogen-bond donors (Lipinski definition) is 1. The Kier molecular flexibility index (Phi) is 3.37. The van der Waals surface area contributed by atoms with Gasteiger partial charge in [0.05, 0.1) is 16.3 Å². The van der Waals surface area contributed by atoms with Gasteiger partial charge in [0.25, 0.3) is 0 Å². The molecule has 4 nitrogen and oxygen atoms in total. The van der Waals surface area contributed by atoms with Gasteiger partial charge in [-0.25, -0.2) is 0 Å². The van der Waals surface area contributed by atoms with Gasteiger partial charge in [-0.15, -0.1) is 0 Å². The number of aromatic nitrogens is 2. The molecule has 1 aliphatic rings. The number of nitriles is 1. The fourth-order valence-corrected chi connectivity index (χ4v) is 2.57. The lowest BCUT2D eigenvalue weighted by atomic mass is 10.2. The molecular weight excluding hydrogens is 377 g/mol. The zero-order chi connectivity index (χ0) is 13.4. The number of aromatic amines is 1. The molecule has 0 spiro atoms. The zero-order valence-electron chi connectivity index (χ0n) is 9.78. The second kappa shape index (κ2) is 5.02. The first-order chi connectivity index (χ1) is 9.19. The number of nitrogens with zero attached hydrogens (tertiary/aromatic N) is 2. The first-order valence-electron chi connectivity index (χ1n) is 5.80. The van der Waals surface area contributed by atoms with Crippen molar-refractivity contribution in [3.05, 3.63) is 38.2 Å². The van der Waals surface area contributed by atoms with Gasteiger partial charge in [0.2, 0.25) is 0 Å². The van der Waals surface area contributed by atoms with E-state index in [0.717, 1.165) is 15.1 Å². The third-order valence-electron chi connectivity index (χ3n) is 2.97. The van der Waals surface area contributed by atoms with E-state index in [1.165, 1.54) is 12.8 Å². The van der Waals surface area contributed by atoms with Crippen LogP contribution in [0.1, 0.15) is 30.0 Å². The molecule has 1 N–H and O–H groups in total. The molecule has 2 aromatic rings. The molecule has 6 heteroatoms. The summed E-state index contributed by atoms with van der Waals surface area (Å²) in [5.74, 6) is 1.91. The molecule has 1 heterocycles. The summed E-state index contributed by atoms with van der Waals surface area (Å²) in [5, 5.41) is 16.4. The van der Waals surface area contributed by atoms with Crippen molar-refractivity contribution >= 4 is 34.2 Å². The van der Waals surface area contributed by atoms with Gasteiger partial charge >= 0.3 is 0 Å². The van der Waals surface area contributed by atoms with Crippen molar-refractivity contribution in [2.24, 2.45) is 0 Å². The molecule has 0 aliphatic heterocycles. The number of nitrogens with one attached hydrogen (secondary N) is 1. The fourth-order valence-electron chi connectivity index (χ4n) is 1.84. The summed E-state index contributed by atoms with van der Waals surface area (Å²) in [7, 11) is 0. The summed E-state index contributed by atoms with van der Waals surface area (Å²) < 4.78 is 6.67. The van der Waals surface area contributed by atoms with Gasteiger partial charge in [0.15, 0.2) is 9.45 Å². The molecule has 1 aromatic carbocycles. The molecule has 0 unspecified atom stereocenters. The SMILES string of the molecule is N#Cc1ccc(Oc2c(I)n[nH]c2C2CC2)cc1Cl. The first kappa shape index (κ1) is 12.8. The lowest BCUT2D eigenvalue weighted by Crippen LogP contribution is -1.90. The van der Waals surface area contributed by atoms with Gasteiger partial charge in [-0.05, 0) is 47.6 Å².